The van der Waals surface area contributed by atoms with Gasteiger partial charge in [0.05, 0.1) is 22.5 Å². The highest BCUT2D eigenvalue weighted by atomic mass is 32.1. The Kier molecular flexibility index (Phi) is 6.88. The number of carbonyl (C=O) groups is 1. The molecule has 0 unspecified atom stereocenters. The molecule has 1 aliphatic heterocycles. The van der Waals surface area contributed by atoms with Crippen molar-refractivity contribution in [3.8, 4) is 10.4 Å². The maximum Gasteiger partial charge on any atom is 0.274 e. The van der Waals surface area contributed by atoms with Crippen LogP contribution in [0.15, 0.2) is 36.7 Å². The number of carbonyl (C=O) groups excluding carboxylic acids is 1. The molecule has 0 bridgehead atoms. The van der Waals surface area contributed by atoms with Gasteiger partial charge in [-0.05, 0) is 42.5 Å². The molecule has 3 aromatic rings. The zero-order valence-electron chi connectivity index (χ0n) is 19.2. The number of nitrogens with zero attached hydrogens (tertiary/aromatic N) is 4. The minimum absolute atomic E-state index is 0.104. The maximum atomic E-state index is 14.6. The first-order valence-electron chi connectivity index (χ1n) is 11.1. The van der Waals surface area contributed by atoms with Crippen molar-refractivity contribution in [2.45, 2.75) is 45.6 Å². The highest BCUT2D eigenvalue weighted by Gasteiger charge is 2.46. The number of alkyl halides is 2. The number of hydrogen-bond acceptors (Lipinski definition) is 6. The third-order valence-electron chi connectivity index (χ3n) is 5.97. The smallest absolute Gasteiger partial charge is 0.274 e. The van der Waals surface area contributed by atoms with Gasteiger partial charge >= 0.3 is 0 Å². The van der Waals surface area contributed by atoms with Crippen LogP contribution in [0.1, 0.15) is 41.3 Å². The summed E-state index contributed by atoms with van der Waals surface area (Å²) in [5, 5.41) is 3.72. The van der Waals surface area contributed by atoms with E-state index in [1.165, 1.54) is 28.4 Å². The molecule has 0 spiro atoms. The van der Waals surface area contributed by atoms with Crippen LogP contribution in [0.25, 0.3) is 10.4 Å². The fourth-order valence-electron chi connectivity index (χ4n) is 4.21. The van der Waals surface area contributed by atoms with Crippen LogP contribution in [-0.4, -0.2) is 50.8 Å². The summed E-state index contributed by atoms with van der Waals surface area (Å²) in [5.41, 5.74) is 1.71. The molecule has 2 atom stereocenters. The van der Waals surface area contributed by atoms with E-state index in [4.69, 9.17) is 0 Å². The topological polar surface area (TPSA) is 71.0 Å². The van der Waals surface area contributed by atoms with Crippen molar-refractivity contribution in [2.75, 3.05) is 18.4 Å². The van der Waals surface area contributed by atoms with Crippen molar-refractivity contribution in [2.24, 2.45) is 5.92 Å². The van der Waals surface area contributed by atoms with E-state index in [0.717, 1.165) is 12.0 Å². The van der Waals surface area contributed by atoms with Gasteiger partial charge in [0.2, 0.25) is 5.95 Å². The average Bonchev–Trinajstić information content (AvgIpc) is 3.19. The molecule has 1 saturated heterocycles. The van der Waals surface area contributed by atoms with Crippen molar-refractivity contribution < 1.29 is 18.0 Å². The minimum Gasteiger partial charge on any atom is -0.352 e. The molecule has 0 radical (unpaired) electrons. The van der Waals surface area contributed by atoms with Crippen molar-refractivity contribution in [1.82, 2.24) is 19.9 Å². The van der Waals surface area contributed by atoms with Gasteiger partial charge in [-0.3, -0.25) is 4.79 Å². The summed E-state index contributed by atoms with van der Waals surface area (Å²) in [4.78, 5) is 28.3. The van der Waals surface area contributed by atoms with Crippen LogP contribution in [0.4, 0.5) is 19.1 Å². The second-order valence-corrected chi connectivity index (χ2v) is 9.81. The number of nitrogens with one attached hydrogen (secondary N) is 1. The first-order valence-corrected chi connectivity index (χ1v) is 12.0. The predicted octanol–water partition coefficient (Wildman–Crippen LogP) is 5.21. The lowest BCUT2D eigenvalue weighted by molar-refractivity contribution is -0.0898. The number of benzene rings is 1. The second kappa shape index (κ2) is 9.69. The number of halogens is 3. The number of piperidine rings is 1. The van der Waals surface area contributed by atoms with E-state index in [2.05, 4.69) is 20.3 Å². The molecule has 1 aromatic carbocycles. The van der Waals surface area contributed by atoms with Gasteiger partial charge in [0.25, 0.3) is 11.8 Å². The van der Waals surface area contributed by atoms with E-state index < -0.39 is 36.2 Å². The molecule has 6 nitrogen and oxygen atoms in total. The van der Waals surface area contributed by atoms with Gasteiger partial charge in [-0.2, -0.15) is 0 Å². The lowest BCUT2D eigenvalue weighted by Gasteiger charge is -2.43. The van der Waals surface area contributed by atoms with Crippen LogP contribution in [0.3, 0.4) is 0 Å². The molecule has 1 amide bonds. The number of likely N-dealkylation sites (tertiary alicyclic amines) is 1. The van der Waals surface area contributed by atoms with Gasteiger partial charge in [0.1, 0.15) is 11.5 Å². The van der Waals surface area contributed by atoms with Crippen molar-refractivity contribution in [3.63, 3.8) is 0 Å². The van der Waals surface area contributed by atoms with Gasteiger partial charge in [-0.1, -0.05) is 26.0 Å². The molecule has 34 heavy (non-hydrogen) atoms. The van der Waals surface area contributed by atoms with E-state index in [0.29, 0.717) is 21.4 Å². The first-order chi connectivity index (χ1) is 16.2. The Labute approximate surface area is 200 Å². The summed E-state index contributed by atoms with van der Waals surface area (Å²) < 4.78 is 42.6. The van der Waals surface area contributed by atoms with Crippen LogP contribution >= 0.6 is 11.3 Å². The van der Waals surface area contributed by atoms with Gasteiger partial charge in [0.15, 0.2) is 0 Å². The third-order valence-corrected chi connectivity index (χ3v) is 6.99. The average molecular weight is 490 g/mol. The van der Waals surface area contributed by atoms with E-state index in [1.54, 1.807) is 38.4 Å². The summed E-state index contributed by atoms with van der Waals surface area (Å²) in [6.45, 7) is 4.99. The van der Waals surface area contributed by atoms with Crippen molar-refractivity contribution in [3.05, 3.63) is 58.7 Å². The highest BCUT2D eigenvalue weighted by molar-refractivity contribution is 7.15. The SMILES string of the molecule is CCc1cnc(NC[C@@H]2[C@H](C)CC(F)(F)CN2C(=O)c2nc(C)sc2-c2ccc(F)cc2)nc1. The second-order valence-electron chi connectivity index (χ2n) is 8.60. The molecule has 4 rings (SSSR count). The monoisotopic (exact) mass is 489 g/mol. The number of aromatic nitrogens is 3. The van der Waals surface area contributed by atoms with Gasteiger partial charge in [-0.25, -0.2) is 28.1 Å². The number of hydrogen-bond donors (Lipinski definition) is 1. The van der Waals surface area contributed by atoms with Crippen molar-refractivity contribution in [1.29, 1.82) is 0 Å². The van der Waals surface area contributed by atoms with Crippen LogP contribution in [-0.2, 0) is 6.42 Å². The minimum atomic E-state index is -3.01. The summed E-state index contributed by atoms with van der Waals surface area (Å²) in [6, 6.07) is 5.20. The number of amides is 1. The standard InChI is InChI=1S/C24H26F3N5OS/c1-4-16-10-28-23(29-11-16)30-12-19-14(2)9-24(26,27)13-32(19)22(33)20-21(34-15(3)31-20)17-5-7-18(25)8-6-17/h5-8,10-11,14,19H,4,9,12-13H2,1-3H3,(H,28,29,30)/t14-,19-/m1/s1. The number of anilines is 1. The van der Waals surface area contributed by atoms with Crippen LogP contribution in [0.2, 0.25) is 0 Å². The van der Waals surface area contributed by atoms with E-state index in [1.807, 2.05) is 6.92 Å². The molecule has 1 aliphatic rings. The zero-order chi connectivity index (χ0) is 24.5. The number of thiazole rings is 1. The first kappa shape index (κ1) is 24.1. The largest absolute Gasteiger partial charge is 0.352 e. The van der Waals surface area contributed by atoms with E-state index in [9.17, 15) is 18.0 Å². The Hall–Kier alpha value is -3.01. The normalized spacial score (nSPS) is 19.8. The molecule has 0 aliphatic carbocycles. The zero-order valence-corrected chi connectivity index (χ0v) is 20.0. The quantitative estimate of drug-likeness (QED) is 0.515. The summed E-state index contributed by atoms with van der Waals surface area (Å²) in [7, 11) is 0. The van der Waals surface area contributed by atoms with Gasteiger partial charge in [-0.15, -0.1) is 11.3 Å². The molecule has 10 heteroatoms. The fraction of sp³-hybridized carbons (Fsp3) is 0.417. The van der Waals surface area contributed by atoms with Crippen LogP contribution < -0.4 is 5.32 Å². The van der Waals surface area contributed by atoms with E-state index in [-0.39, 0.29) is 18.7 Å². The number of aryl methyl sites for hydroxylation is 2. The molecular weight excluding hydrogens is 463 g/mol. The van der Waals surface area contributed by atoms with Crippen LogP contribution in [0, 0.1) is 18.7 Å². The number of rotatable bonds is 6. The van der Waals surface area contributed by atoms with Crippen LogP contribution in [0.5, 0.6) is 0 Å². The molecule has 0 saturated carbocycles. The summed E-state index contributed by atoms with van der Waals surface area (Å²) in [6.07, 6.45) is 3.91. The Morgan fingerprint density at radius 2 is 1.91 bits per heavy atom. The maximum absolute atomic E-state index is 14.6. The molecule has 1 fully saturated rings. The Morgan fingerprint density at radius 3 is 2.56 bits per heavy atom. The summed E-state index contributed by atoms with van der Waals surface area (Å²) >= 11 is 1.28. The molecule has 2 aromatic heterocycles. The Bertz CT molecular complexity index is 1150. The summed E-state index contributed by atoms with van der Waals surface area (Å²) in [5.74, 6) is -4.06. The Morgan fingerprint density at radius 1 is 1.24 bits per heavy atom. The molecular formula is C24H26F3N5OS. The lowest BCUT2D eigenvalue weighted by atomic mass is 9.88. The third kappa shape index (κ3) is 5.22. The van der Waals surface area contributed by atoms with Gasteiger partial charge < -0.3 is 10.2 Å². The fourth-order valence-corrected chi connectivity index (χ4v) is 5.12. The lowest BCUT2D eigenvalue weighted by Crippen LogP contribution is -2.57. The Balaban J connectivity index is 1.62. The highest BCUT2D eigenvalue weighted by Crippen LogP contribution is 2.37. The predicted molar refractivity (Wildman–Crippen MR) is 126 cm³/mol. The van der Waals surface area contributed by atoms with Crippen molar-refractivity contribution >= 4 is 23.2 Å². The molecule has 3 heterocycles. The van der Waals surface area contributed by atoms with Gasteiger partial charge in [0, 0.05) is 25.4 Å². The molecule has 180 valence electrons. The van der Waals surface area contributed by atoms with E-state index >= 15 is 0 Å². The molecule has 1 N–H and O–H groups in total.